The molecule has 1 saturated heterocycles. The van der Waals surface area contributed by atoms with Crippen molar-refractivity contribution in [1.82, 2.24) is 9.80 Å². The molecule has 0 aliphatic carbocycles. The molecule has 5 heteroatoms. The van der Waals surface area contributed by atoms with Gasteiger partial charge < -0.3 is 14.9 Å². The van der Waals surface area contributed by atoms with E-state index in [1.54, 1.807) is 23.8 Å². The maximum Gasteiger partial charge on any atom is 0.320 e. The van der Waals surface area contributed by atoms with Crippen molar-refractivity contribution in [3.05, 3.63) is 0 Å². The number of carbonyl (C=O) groups is 2. The number of amides is 2. The Balaban J connectivity index is 2.42. The van der Waals surface area contributed by atoms with Gasteiger partial charge in [0.15, 0.2) is 0 Å². The van der Waals surface area contributed by atoms with E-state index in [2.05, 4.69) is 0 Å². The highest BCUT2D eigenvalue weighted by atomic mass is 16.4. The molecule has 0 spiro atoms. The van der Waals surface area contributed by atoms with Crippen LogP contribution in [0.5, 0.6) is 0 Å². The fraction of sp³-hybridized carbons (Fsp3) is 0.833. The van der Waals surface area contributed by atoms with Crippen LogP contribution in [-0.4, -0.2) is 53.1 Å². The summed E-state index contributed by atoms with van der Waals surface area (Å²) in [5, 5.41) is 8.86. The van der Waals surface area contributed by atoms with E-state index < -0.39 is 5.97 Å². The molecule has 0 saturated carbocycles. The second-order valence-electron chi connectivity index (χ2n) is 4.94. The summed E-state index contributed by atoms with van der Waals surface area (Å²) in [6.07, 6.45) is 0.922. The number of carboxylic acids is 1. The number of rotatable bonds is 4. The third-order valence-electron chi connectivity index (χ3n) is 3.83. The first-order chi connectivity index (χ1) is 7.88. The number of likely N-dealkylation sites (tertiary alicyclic amines) is 1. The molecule has 1 aliphatic heterocycles. The maximum atomic E-state index is 12.0. The fourth-order valence-electron chi connectivity index (χ4n) is 1.87. The highest BCUT2D eigenvalue weighted by Crippen LogP contribution is 2.25. The van der Waals surface area contributed by atoms with Gasteiger partial charge in [-0.25, -0.2) is 4.79 Å². The molecule has 1 heterocycles. The van der Waals surface area contributed by atoms with E-state index in [1.165, 1.54) is 0 Å². The van der Waals surface area contributed by atoms with E-state index in [0.29, 0.717) is 13.1 Å². The van der Waals surface area contributed by atoms with Gasteiger partial charge >= 0.3 is 12.0 Å². The molecular weight excluding hydrogens is 220 g/mol. The zero-order valence-electron chi connectivity index (χ0n) is 11.0. The summed E-state index contributed by atoms with van der Waals surface area (Å²) in [5.74, 6) is -1.05. The molecular formula is C12H22N2O3. The standard InChI is InChI=1S/C12H22N2O3/c1-5-8(2)13(4)12(17)14-6-10(7-14)9(3)11(15)16/h8-10H,5-7H2,1-4H3,(H,15,16). The zero-order valence-corrected chi connectivity index (χ0v) is 11.0. The van der Waals surface area contributed by atoms with Crippen LogP contribution in [-0.2, 0) is 4.79 Å². The summed E-state index contributed by atoms with van der Waals surface area (Å²) < 4.78 is 0. The van der Waals surface area contributed by atoms with Crippen LogP contribution in [0.3, 0.4) is 0 Å². The molecule has 1 N–H and O–H groups in total. The van der Waals surface area contributed by atoms with E-state index in [1.807, 2.05) is 13.8 Å². The molecule has 0 aromatic carbocycles. The van der Waals surface area contributed by atoms with Gasteiger partial charge in [-0.15, -0.1) is 0 Å². The summed E-state index contributed by atoms with van der Waals surface area (Å²) in [5.41, 5.74) is 0. The fourth-order valence-corrected chi connectivity index (χ4v) is 1.87. The Morgan fingerprint density at radius 3 is 2.35 bits per heavy atom. The van der Waals surface area contributed by atoms with Gasteiger partial charge in [0.05, 0.1) is 5.92 Å². The SMILES string of the molecule is CCC(C)N(C)C(=O)N1CC(C(C)C(=O)O)C1. The minimum absolute atomic E-state index is 0.00758. The Morgan fingerprint density at radius 2 is 1.94 bits per heavy atom. The van der Waals surface area contributed by atoms with E-state index in [-0.39, 0.29) is 23.9 Å². The van der Waals surface area contributed by atoms with Gasteiger partial charge in [0.25, 0.3) is 0 Å². The van der Waals surface area contributed by atoms with Crippen LogP contribution >= 0.6 is 0 Å². The average Bonchev–Trinajstić information content (AvgIpc) is 2.24. The summed E-state index contributed by atoms with van der Waals surface area (Å²) in [6.45, 7) is 6.88. The van der Waals surface area contributed by atoms with Crippen LogP contribution in [0.25, 0.3) is 0 Å². The second kappa shape index (κ2) is 5.38. The van der Waals surface area contributed by atoms with Crippen LogP contribution in [0.4, 0.5) is 4.79 Å². The highest BCUT2D eigenvalue weighted by Gasteiger charge is 2.38. The summed E-state index contributed by atoms with van der Waals surface area (Å²) in [4.78, 5) is 26.2. The molecule has 17 heavy (non-hydrogen) atoms. The number of hydrogen-bond acceptors (Lipinski definition) is 2. The normalized spacial score (nSPS) is 19.4. The molecule has 5 nitrogen and oxygen atoms in total. The lowest BCUT2D eigenvalue weighted by Gasteiger charge is -2.43. The topological polar surface area (TPSA) is 60.9 Å². The molecule has 1 aliphatic rings. The van der Waals surface area contributed by atoms with Crippen LogP contribution in [0.1, 0.15) is 27.2 Å². The molecule has 2 unspecified atom stereocenters. The molecule has 0 radical (unpaired) electrons. The van der Waals surface area contributed by atoms with Crippen molar-refractivity contribution in [3.8, 4) is 0 Å². The van der Waals surface area contributed by atoms with Crippen molar-refractivity contribution in [2.45, 2.75) is 33.2 Å². The third kappa shape index (κ3) is 2.90. The number of aliphatic carboxylic acids is 1. The molecule has 98 valence electrons. The summed E-state index contributed by atoms with van der Waals surface area (Å²) >= 11 is 0. The number of carbonyl (C=O) groups excluding carboxylic acids is 1. The summed E-state index contributed by atoms with van der Waals surface area (Å²) in [7, 11) is 1.80. The van der Waals surface area contributed by atoms with Crippen molar-refractivity contribution in [3.63, 3.8) is 0 Å². The van der Waals surface area contributed by atoms with Crippen LogP contribution in [0.15, 0.2) is 0 Å². The number of nitrogens with zero attached hydrogens (tertiary/aromatic N) is 2. The Kier molecular flexibility index (Phi) is 4.37. The predicted octanol–water partition coefficient (Wildman–Crippen LogP) is 1.49. The smallest absolute Gasteiger partial charge is 0.320 e. The van der Waals surface area contributed by atoms with Crippen molar-refractivity contribution in [2.24, 2.45) is 11.8 Å². The quantitative estimate of drug-likeness (QED) is 0.812. The zero-order chi connectivity index (χ0) is 13.2. The minimum atomic E-state index is -0.780. The van der Waals surface area contributed by atoms with Crippen molar-refractivity contribution in [1.29, 1.82) is 0 Å². The van der Waals surface area contributed by atoms with E-state index >= 15 is 0 Å². The van der Waals surface area contributed by atoms with E-state index in [0.717, 1.165) is 6.42 Å². The monoisotopic (exact) mass is 242 g/mol. The molecule has 2 amide bonds. The van der Waals surface area contributed by atoms with Gasteiger partial charge in [-0.1, -0.05) is 13.8 Å². The van der Waals surface area contributed by atoms with Gasteiger partial charge in [0.1, 0.15) is 0 Å². The van der Waals surface area contributed by atoms with Gasteiger partial charge in [-0.2, -0.15) is 0 Å². The lowest BCUT2D eigenvalue weighted by atomic mass is 9.87. The van der Waals surface area contributed by atoms with Crippen molar-refractivity contribution in [2.75, 3.05) is 20.1 Å². The molecule has 2 atom stereocenters. The average molecular weight is 242 g/mol. The molecule has 1 fully saturated rings. The number of urea groups is 1. The van der Waals surface area contributed by atoms with E-state index in [4.69, 9.17) is 5.11 Å². The number of hydrogen-bond donors (Lipinski definition) is 1. The molecule has 0 aromatic heterocycles. The first-order valence-corrected chi connectivity index (χ1v) is 6.13. The van der Waals surface area contributed by atoms with Crippen molar-refractivity contribution < 1.29 is 14.7 Å². The Morgan fingerprint density at radius 1 is 1.41 bits per heavy atom. The minimum Gasteiger partial charge on any atom is -0.481 e. The molecule has 1 rings (SSSR count). The summed E-state index contributed by atoms with van der Waals surface area (Å²) in [6, 6.07) is 0.228. The largest absolute Gasteiger partial charge is 0.481 e. The molecule has 0 aromatic rings. The van der Waals surface area contributed by atoms with Gasteiger partial charge in [0.2, 0.25) is 0 Å². The maximum absolute atomic E-state index is 12.0. The highest BCUT2D eigenvalue weighted by molar-refractivity contribution is 5.76. The number of carboxylic acid groups (broad SMARTS) is 1. The van der Waals surface area contributed by atoms with Crippen LogP contribution < -0.4 is 0 Å². The first kappa shape index (κ1) is 13.8. The third-order valence-corrected chi connectivity index (χ3v) is 3.83. The molecule has 0 bridgehead atoms. The first-order valence-electron chi connectivity index (χ1n) is 6.13. The lowest BCUT2D eigenvalue weighted by Crippen LogP contribution is -2.57. The lowest BCUT2D eigenvalue weighted by molar-refractivity contribution is -0.144. The predicted molar refractivity (Wildman–Crippen MR) is 64.8 cm³/mol. The Hall–Kier alpha value is -1.26. The van der Waals surface area contributed by atoms with Gasteiger partial charge in [-0.05, 0) is 13.3 Å². The van der Waals surface area contributed by atoms with Crippen LogP contribution in [0.2, 0.25) is 0 Å². The van der Waals surface area contributed by atoms with Crippen molar-refractivity contribution >= 4 is 12.0 Å². The van der Waals surface area contributed by atoms with Gasteiger partial charge in [-0.3, -0.25) is 4.79 Å². The Labute approximate surface area is 102 Å². The van der Waals surface area contributed by atoms with Gasteiger partial charge in [0, 0.05) is 32.1 Å². The second-order valence-corrected chi connectivity index (χ2v) is 4.94. The van der Waals surface area contributed by atoms with E-state index in [9.17, 15) is 9.59 Å². The van der Waals surface area contributed by atoms with Crippen LogP contribution in [0, 0.1) is 11.8 Å². The Bertz CT molecular complexity index is 300.